The van der Waals surface area contributed by atoms with Crippen LogP contribution in [-0.2, 0) is 31.0 Å². The maximum absolute atomic E-state index is 13.9. The Morgan fingerprint density at radius 3 is 2.42 bits per heavy atom. The van der Waals surface area contributed by atoms with Crippen LogP contribution in [0, 0.1) is 0 Å². The predicted molar refractivity (Wildman–Crippen MR) is 167 cm³/mol. The summed E-state index contributed by atoms with van der Waals surface area (Å²) in [5.74, 6) is -0.317. The number of sulfonamides is 1. The number of aromatic nitrogens is 1. The van der Waals surface area contributed by atoms with Gasteiger partial charge in [-0.25, -0.2) is 21.8 Å². The summed E-state index contributed by atoms with van der Waals surface area (Å²) in [4.78, 5) is 22.7. The number of thiazole rings is 1. The third-order valence-corrected chi connectivity index (χ3v) is 11.7. The summed E-state index contributed by atoms with van der Waals surface area (Å²) in [6.45, 7) is 4.11. The Morgan fingerprint density at radius 2 is 1.67 bits per heavy atom. The number of morpholine rings is 1. The Kier molecular flexibility index (Phi) is 8.26. The van der Waals surface area contributed by atoms with Crippen LogP contribution in [0.2, 0.25) is 0 Å². The lowest BCUT2D eigenvalue weighted by Gasteiger charge is -2.30. The molecule has 1 fully saturated rings. The molecule has 2 aliphatic rings. The van der Waals surface area contributed by atoms with Crippen LogP contribution < -0.4 is 9.21 Å². The van der Waals surface area contributed by atoms with Gasteiger partial charge in [0.1, 0.15) is 0 Å². The topological polar surface area (TPSA) is 117 Å². The van der Waals surface area contributed by atoms with E-state index < -0.39 is 19.9 Å². The van der Waals surface area contributed by atoms with E-state index in [1.807, 2.05) is 24.3 Å². The maximum atomic E-state index is 13.9. The van der Waals surface area contributed by atoms with Gasteiger partial charge in [0.2, 0.25) is 0 Å². The van der Waals surface area contributed by atoms with Gasteiger partial charge in [-0.15, -0.1) is 0 Å². The molecule has 1 aromatic heterocycles. The lowest BCUT2D eigenvalue weighted by molar-refractivity contribution is 0.0391. The summed E-state index contributed by atoms with van der Waals surface area (Å²) in [7, 11) is -7.22. The molecule has 1 saturated heterocycles. The first kappa shape index (κ1) is 29.7. The van der Waals surface area contributed by atoms with Crippen LogP contribution in [0.5, 0.6) is 0 Å². The fourth-order valence-corrected chi connectivity index (χ4v) is 8.68. The smallest absolute Gasteiger partial charge is 0.264 e. The van der Waals surface area contributed by atoms with E-state index in [0.717, 1.165) is 37.8 Å². The van der Waals surface area contributed by atoms with Crippen LogP contribution in [0.1, 0.15) is 22.3 Å². The molecule has 1 amide bonds. The van der Waals surface area contributed by atoms with E-state index in [9.17, 15) is 21.6 Å². The van der Waals surface area contributed by atoms with Crippen molar-refractivity contribution in [2.24, 2.45) is 0 Å². The highest BCUT2D eigenvalue weighted by atomic mass is 32.2. The highest BCUT2D eigenvalue weighted by molar-refractivity contribution is 7.92. The van der Waals surface area contributed by atoms with E-state index in [0.29, 0.717) is 59.4 Å². The third kappa shape index (κ3) is 6.18. The molecule has 2 aliphatic heterocycles. The maximum Gasteiger partial charge on any atom is 0.264 e. The van der Waals surface area contributed by atoms with E-state index in [-0.39, 0.29) is 15.7 Å². The molecule has 0 unspecified atom stereocenters. The van der Waals surface area contributed by atoms with Crippen molar-refractivity contribution in [2.45, 2.75) is 22.6 Å². The second-order valence-electron chi connectivity index (χ2n) is 10.6. The summed E-state index contributed by atoms with van der Waals surface area (Å²) < 4.78 is 59.0. The van der Waals surface area contributed by atoms with Crippen LogP contribution in [0.4, 0.5) is 10.8 Å². The molecule has 6 rings (SSSR count). The molecule has 3 aromatic carbocycles. The number of benzene rings is 3. The molecule has 226 valence electrons. The molecule has 43 heavy (non-hydrogen) atoms. The van der Waals surface area contributed by atoms with Crippen molar-refractivity contribution >= 4 is 58.1 Å². The van der Waals surface area contributed by atoms with Crippen molar-refractivity contribution in [1.82, 2.24) is 9.88 Å². The lowest BCUT2D eigenvalue weighted by Crippen LogP contribution is -2.43. The van der Waals surface area contributed by atoms with Crippen molar-refractivity contribution in [3.05, 3.63) is 77.9 Å². The normalized spacial score (nSPS) is 16.3. The molecule has 0 aliphatic carbocycles. The number of rotatable bonds is 8. The van der Waals surface area contributed by atoms with Gasteiger partial charge < -0.3 is 4.74 Å². The summed E-state index contributed by atoms with van der Waals surface area (Å²) in [5.41, 5.74) is 2.62. The van der Waals surface area contributed by atoms with Gasteiger partial charge in [0, 0.05) is 44.5 Å². The molecule has 0 spiro atoms. The first-order valence-corrected chi connectivity index (χ1v) is 18.2. The summed E-state index contributed by atoms with van der Waals surface area (Å²) in [6, 6.07) is 18.3. The van der Waals surface area contributed by atoms with Crippen molar-refractivity contribution < 1.29 is 26.4 Å². The largest absolute Gasteiger partial charge is 0.379 e. The Morgan fingerprint density at radius 1 is 0.953 bits per heavy atom. The lowest BCUT2D eigenvalue weighted by atomic mass is 10.0. The fourth-order valence-electron chi connectivity index (χ4n) is 5.39. The SMILES string of the molecule is CS(=O)(=O)c1ccc2nc(N(CCN3CCOCC3)C(=O)c3ccc(S(=O)(=O)N4CCCc5ccccc54)cc3)sc2c1. The van der Waals surface area contributed by atoms with Gasteiger partial charge in [0.25, 0.3) is 15.9 Å². The van der Waals surface area contributed by atoms with Crippen molar-refractivity contribution in [3.63, 3.8) is 0 Å². The minimum atomic E-state index is -3.82. The Labute approximate surface area is 255 Å². The standard InChI is InChI=1S/C30H32N4O6S3/c1-42(36,37)25-12-13-26-28(21-25)41-30(31-26)33(16-15-32-17-19-40-20-18-32)29(35)23-8-10-24(11-9-23)43(38,39)34-14-4-6-22-5-2-3-7-27(22)34/h2-3,5,7-13,21H,4,6,14-20H2,1H3. The Balaban J connectivity index is 1.29. The molecule has 13 heteroatoms. The van der Waals surface area contributed by atoms with Crippen molar-refractivity contribution in [2.75, 3.05) is 61.4 Å². The molecule has 0 saturated carbocycles. The zero-order valence-electron chi connectivity index (χ0n) is 23.7. The Hall–Kier alpha value is -3.36. The number of hydrogen-bond acceptors (Lipinski definition) is 9. The number of fused-ring (bicyclic) bond motifs is 2. The number of anilines is 2. The van der Waals surface area contributed by atoms with Crippen molar-refractivity contribution in [1.29, 1.82) is 0 Å². The minimum Gasteiger partial charge on any atom is -0.379 e. The second-order valence-corrected chi connectivity index (χ2v) is 15.5. The average Bonchev–Trinajstić information content (AvgIpc) is 3.44. The number of para-hydroxylation sites is 1. The summed E-state index contributed by atoms with van der Waals surface area (Å²) in [5, 5.41) is 0.445. The predicted octanol–water partition coefficient (Wildman–Crippen LogP) is 3.82. The number of hydrogen-bond donors (Lipinski definition) is 0. The molecule has 0 N–H and O–H groups in total. The number of carbonyl (C=O) groups excluding carboxylic acids is 1. The second kappa shape index (κ2) is 12.0. The van der Waals surface area contributed by atoms with Crippen LogP contribution in [0.15, 0.2) is 76.5 Å². The molecule has 0 atom stereocenters. The summed E-state index contributed by atoms with van der Waals surface area (Å²) in [6.07, 6.45) is 2.72. The molecule has 4 aromatic rings. The highest BCUT2D eigenvalue weighted by Gasteiger charge is 2.30. The monoisotopic (exact) mass is 640 g/mol. The first-order chi connectivity index (χ1) is 20.6. The van der Waals surface area contributed by atoms with Crippen LogP contribution in [-0.4, -0.2) is 84.8 Å². The number of sulfone groups is 1. The Bertz CT molecular complexity index is 1870. The van der Waals surface area contributed by atoms with Gasteiger partial charge in [0.05, 0.1) is 38.9 Å². The number of carbonyl (C=O) groups is 1. The van der Waals surface area contributed by atoms with E-state index in [1.54, 1.807) is 29.2 Å². The molecule has 0 radical (unpaired) electrons. The van der Waals surface area contributed by atoms with Gasteiger partial charge in [-0.1, -0.05) is 29.5 Å². The number of aryl methyl sites for hydroxylation is 1. The average molecular weight is 641 g/mol. The van der Waals surface area contributed by atoms with Gasteiger partial charge in [-0.3, -0.25) is 18.9 Å². The molecule has 3 heterocycles. The minimum absolute atomic E-state index is 0.119. The van der Waals surface area contributed by atoms with Crippen molar-refractivity contribution in [3.8, 4) is 0 Å². The number of ether oxygens (including phenoxy) is 1. The number of amides is 1. The van der Waals surface area contributed by atoms with E-state index >= 15 is 0 Å². The van der Waals surface area contributed by atoms with Gasteiger partial charge in [-0.2, -0.15) is 0 Å². The van der Waals surface area contributed by atoms with E-state index in [4.69, 9.17) is 4.74 Å². The zero-order chi connectivity index (χ0) is 30.2. The quantitative estimate of drug-likeness (QED) is 0.286. The fraction of sp³-hybridized carbons (Fsp3) is 0.333. The van der Waals surface area contributed by atoms with E-state index in [1.165, 1.54) is 33.8 Å². The van der Waals surface area contributed by atoms with Gasteiger partial charge >= 0.3 is 0 Å². The number of nitrogens with zero attached hydrogens (tertiary/aromatic N) is 4. The van der Waals surface area contributed by atoms with Crippen LogP contribution >= 0.6 is 11.3 Å². The third-order valence-electron chi connectivity index (χ3n) is 7.75. The van der Waals surface area contributed by atoms with Crippen LogP contribution in [0.3, 0.4) is 0 Å². The summed E-state index contributed by atoms with van der Waals surface area (Å²) >= 11 is 1.25. The van der Waals surface area contributed by atoms with Gasteiger partial charge in [-0.05, 0) is 66.9 Å². The van der Waals surface area contributed by atoms with E-state index in [2.05, 4.69) is 9.88 Å². The van der Waals surface area contributed by atoms with Crippen LogP contribution in [0.25, 0.3) is 10.2 Å². The molecular formula is C30H32N4O6S3. The first-order valence-electron chi connectivity index (χ1n) is 14.0. The molecule has 0 bridgehead atoms. The zero-order valence-corrected chi connectivity index (χ0v) is 26.1. The molecular weight excluding hydrogens is 609 g/mol. The highest BCUT2D eigenvalue weighted by Crippen LogP contribution is 2.33. The molecule has 10 nitrogen and oxygen atoms in total. The van der Waals surface area contributed by atoms with Gasteiger partial charge in [0.15, 0.2) is 15.0 Å².